The third-order valence-corrected chi connectivity index (χ3v) is 4.11. The molecule has 2 nitrogen and oxygen atoms in total. The molecule has 1 aromatic carbocycles. The Morgan fingerprint density at radius 2 is 2.29 bits per heavy atom. The fourth-order valence-corrected chi connectivity index (χ4v) is 3.10. The lowest BCUT2D eigenvalue weighted by molar-refractivity contribution is 0.643. The number of nitrogens with zero attached hydrogens (tertiary/aromatic N) is 1. The standard InChI is InChI=1S/C14H21BrN2/c1-2-13-4-3-9-17(13)14-10-12(15)6-5-11(14)7-8-16/h5-6,10,13H,2-4,7-9,16H2,1H3. The first-order valence-electron chi connectivity index (χ1n) is 6.51. The van der Waals surface area contributed by atoms with Crippen molar-refractivity contribution in [1.82, 2.24) is 0 Å². The predicted octanol–water partition coefficient (Wildman–Crippen LogP) is 3.33. The molecule has 0 radical (unpaired) electrons. The van der Waals surface area contributed by atoms with Crippen LogP contribution in [0.25, 0.3) is 0 Å². The van der Waals surface area contributed by atoms with Crippen molar-refractivity contribution in [2.75, 3.05) is 18.0 Å². The van der Waals surface area contributed by atoms with Crippen LogP contribution in [0.3, 0.4) is 0 Å². The first kappa shape index (κ1) is 12.9. The molecule has 1 unspecified atom stereocenters. The van der Waals surface area contributed by atoms with Gasteiger partial charge in [0, 0.05) is 22.7 Å². The number of benzene rings is 1. The Morgan fingerprint density at radius 3 is 3.00 bits per heavy atom. The van der Waals surface area contributed by atoms with Gasteiger partial charge in [-0.25, -0.2) is 0 Å². The van der Waals surface area contributed by atoms with Gasteiger partial charge in [0.15, 0.2) is 0 Å². The van der Waals surface area contributed by atoms with Crippen molar-refractivity contribution in [2.24, 2.45) is 5.73 Å². The van der Waals surface area contributed by atoms with E-state index in [0.29, 0.717) is 6.04 Å². The summed E-state index contributed by atoms with van der Waals surface area (Å²) in [6, 6.07) is 7.28. The summed E-state index contributed by atoms with van der Waals surface area (Å²) in [5, 5.41) is 0. The number of nitrogens with two attached hydrogens (primary N) is 1. The smallest absolute Gasteiger partial charge is 0.0413 e. The molecule has 0 aliphatic carbocycles. The van der Waals surface area contributed by atoms with Gasteiger partial charge in [0.1, 0.15) is 0 Å². The van der Waals surface area contributed by atoms with Gasteiger partial charge in [-0.15, -0.1) is 0 Å². The van der Waals surface area contributed by atoms with Crippen LogP contribution in [-0.4, -0.2) is 19.1 Å². The molecule has 1 aliphatic rings. The Morgan fingerprint density at radius 1 is 1.47 bits per heavy atom. The molecule has 2 N–H and O–H groups in total. The lowest BCUT2D eigenvalue weighted by atomic mass is 10.1. The minimum Gasteiger partial charge on any atom is -0.368 e. The largest absolute Gasteiger partial charge is 0.368 e. The van der Waals surface area contributed by atoms with E-state index in [9.17, 15) is 0 Å². The van der Waals surface area contributed by atoms with E-state index < -0.39 is 0 Å². The van der Waals surface area contributed by atoms with E-state index in [-0.39, 0.29) is 0 Å². The molecular formula is C14H21BrN2. The van der Waals surface area contributed by atoms with Crippen LogP contribution in [0, 0.1) is 0 Å². The molecule has 0 saturated carbocycles. The summed E-state index contributed by atoms with van der Waals surface area (Å²) < 4.78 is 1.16. The molecule has 94 valence electrons. The fraction of sp³-hybridized carbons (Fsp3) is 0.571. The zero-order valence-electron chi connectivity index (χ0n) is 10.5. The molecule has 1 atom stereocenters. The lowest BCUT2D eigenvalue weighted by Crippen LogP contribution is -2.29. The lowest BCUT2D eigenvalue weighted by Gasteiger charge is -2.28. The molecule has 3 heteroatoms. The molecule has 1 fully saturated rings. The summed E-state index contributed by atoms with van der Waals surface area (Å²) in [7, 11) is 0. The van der Waals surface area contributed by atoms with Crippen molar-refractivity contribution >= 4 is 21.6 Å². The molecule has 1 aromatic rings. The average molecular weight is 297 g/mol. The monoisotopic (exact) mass is 296 g/mol. The van der Waals surface area contributed by atoms with Gasteiger partial charge in [0.25, 0.3) is 0 Å². The Labute approximate surface area is 112 Å². The van der Waals surface area contributed by atoms with Crippen LogP contribution in [0.15, 0.2) is 22.7 Å². The third-order valence-electron chi connectivity index (χ3n) is 3.62. The highest BCUT2D eigenvalue weighted by molar-refractivity contribution is 9.10. The van der Waals surface area contributed by atoms with Gasteiger partial charge in [-0.2, -0.15) is 0 Å². The van der Waals surface area contributed by atoms with Gasteiger partial charge in [0.05, 0.1) is 0 Å². The fourth-order valence-electron chi connectivity index (χ4n) is 2.75. The summed E-state index contributed by atoms with van der Waals surface area (Å²) in [5.74, 6) is 0. The van der Waals surface area contributed by atoms with Crippen molar-refractivity contribution in [3.8, 4) is 0 Å². The Hall–Kier alpha value is -0.540. The molecule has 0 amide bonds. The first-order chi connectivity index (χ1) is 8.26. The van der Waals surface area contributed by atoms with Gasteiger partial charge >= 0.3 is 0 Å². The summed E-state index contributed by atoms with van der Waals surface area (Å²) >= 11 is 3.58. The molecule has 0 aromatic heterocycles. The van der Waals surface area contributed by atoms with Crippen molar-refractivity contribution in [1.29, 1.82) is 0 Å². The van der Waals surface area contributed by atoms with Crippen LogP contribution < -0.4 is 10.6 Å². The second-order valence-electron chi connectivity index (χ2n) is 4.71. The van der Waals surface area contributed by atoms with Crippen molar-refractivity contribution < 1.29 is 0 Å². The number of hydrogen-bond acceptors (Lipinski definition) is 2. The molecule has 1 saturated heterocycles. The topological polar surface area (TPSA) is 29.3 Å². The maximum Gasteiger partial charge on any atom is 0.0413 e. The van der Waals surface area contributed by atoms with Crippen LogP contribution >= 0.6 is 15.9 Å². The number of halogens is 1. The zero-order valence-corrected chi connectivity index (χ0v) is 12.0. The highest BCUT2D eigenvalue weighted by atomic mass is 79.9. The highest BCUT2D eigenvalue weighted by Crippen LogP contribution is 2.32. The van der Waals surface area contributed by atoms with Crippen molar-refractivity contribution in [2.45, 2.75) is 38.6 Å². The van der Waals surface area contributed by atoms with Crippen molar-refractivity contribution in [3.05, 3.63) is 28.2 Å². The second-order valence-corrected chi connectivity index (χ2v) is 5.63. The van der Waals surface area contributed by atoms with Crippen LogP contribution in [0.4, 0.5) is 5.69 Å². The minimum absolute atomic E-state index is 0.709. The van der Waals surface area contributed by atoms with E-state index in [4.69, 9.17) is 5.73 Å². The molecule has 17 heavy (non-hydrogen) atoms. The van der Waals surface area contributed by atoms with E-state index in [1.54, 1.807) is 0 Å². The first-order valence-corrected chi connectivity index (χ1v) is 7.30. The third kappa shape index (κ3) is 2.83. The highest BCUT2D eigenvalue weighted by Gasteiger charge is 2.24. The number of hydrogen-bond donors (Lipinski definition) is 1. The number of anilines is 1. The van der Waals surface area contributed by atoms with Gasteiger partial charge in [0.2, 0.25) is 0 Å². The molecule has 0 bridgehead atoms. The van der Waals surface area contributed by atoms with Gasteiger partial charge < -0.3 is 10.6 Å². The zero-order chi connectivity index (χ0) is 12.3. The van der Waals surface area contributed by atoms with E-state index in [1.807, 2.05) is 0 Å². The van der Waals surface area contributed by atoms with Gasteiger partial charge in [-0.05, 0) is 49.9 Å². The predicted molar refractivity (Wildman–Crippen MR) is 77.6 cm³/mol. The summed E-state index contributed by atoms with van der Waals surface area (Å²) in [4.78, 5) is 2.57. The average Bonchev–Trinajstić information content (AvgIpc) is 2.79. The molecular weight excluding hydrogens is 276 g/mol. The minimum atomic E-state index is 0.709. The quantitative estimate of drug-likeness (QED) is 0.923. The second kappa shape index (κ2) is 5.87. The van der Waals surface area contributed by atoms with Gasteiger partial charge in [-0.1, -0.05) is 28.9 Å². The Bertz CT molecular complexity index is 378. The Balaban J connectivity index is 2.31. The Kier molecular flexibility index (Phi) is 4.46. The van der Waals surface area contributed by atoms with Crippen LogP contribution in [-0.2, 0) is 6.42 Å². The molecule has 1 heterocycles. The van der Waals surface area contributed by atoms with E-state index in [0.717, 1.165) is 17.4 Å². The van der Waals surface area contributed by atoms with E-state index in [1.165, 1.54) is 37.1 Å². The summed E-state index contributed by atoms with van der Waals surface area (Å²) in [6.45, 7) is 4.19. The molecule has 2 rings (SSSR count). The van der Waals surface area contributed by atoms with Crippen LogP contribution in [0.2, 0.25) is 0 Å². The summed E-state index contributed by atoms with van der Waals surface area (Å²) in [6.07, 6.45) is 4.84. The van der Waals surface area contributed by atoms with E-state index >= 15 is 0 Å². The summed E-state index contributed by atoms with van der Waals surface area (Å²) in [5.41, 5.74) is 8.47. The maximum atomic E-state index is 5.70. The van der Waals surface area contributed by atoms with Gasteiger partial charge in [-0.3, -0.25) is 0 Å². The molecule has 1 aliphatic heterocycles. The van der Waals surface area contributed by atoms with Crippen LogP contribution in [0.1, 0.15) is 31.7 Å². The normalized spacial score (nSPS) is 19.9. The van der Waals surface area contributed by atoms with Crippen molar-refractivity contribution in [3.63, 3.8) is 0 Å². The maximum absolute atomic E-state index is 5.70. The molecule has 0 spiro atoms. The van der Waals surface area contributed by atoms with Crippen LogP contribution in [0.5, 0.6) is 0 Å². The number of rotatable bonds is 4. The SMILES string of the molecule is CCC1CCCN1c1cc(Br)ccc1CCN. The van der Waals surface area contributed by atoms with E-state index in [2.05, 4.69) is 46.0 Å².